The van der Waals surface area contributed by atoms with Crippen molar-refractivity contribution in [2.24, 2.45) is 0 Å². The topological polar surface area (TPSA) is 24.9 Å². The van der Waals surface area contributed by atoms with Crippen LogP contribution in [0.1, 0.15) is 27.8 Å². The fourth-order valence-electron chi connectivity index (χ4n) is 1.93. The summed E-state index contributed by atoms with van der Waals surface area (Å²) in [4.78, 5) is 7.02. The number of rotatable bonds is 5. The van der Waals surface area contributed by atoms with Crippen molar-refractivity contribution < 1.29 is 0 Å². The largest absolute Gasteiger partial charge is 0.310 e. The Morgan fingerprint density at radius 3 is 2.78 bits per heavy atom. The Bertz CT molecular complexity index is 505. The molecule has 2 nitrogen and oxygen atoms in total. The molecule has 0 spiro atoms. The molecule has 0 saturated carbocycles. The van der Waals surface area contributed by atoms with Crippen molar-refractivity contribution in [3.8, 4) is 0 Å². The Morgan fingerprint density at radius 1 is 1.28 bits per heavy atom. The first-order chi connectivity index (χ1) is 8.65. The molecular formula is C15H20N2S. The van der Waals surface area contributed by atoms with Gasteiger partial charge in [0, 0.05) is 34.7 Å². The summed E-state index contributed by atoms with van der Waals surface area (Å²) in [6.07, 6.45) is 4.89. The molecule has 0 amide bonds. The van der Waals surface area contributed by atoms with Gasteiger partial charge >= 0.3 is 0 Å². The van der Waals surface area contributed by atoms with Gasteiger partial charge in [0.2, 0.25) is 0 Å². The van der Waals surface area contributed by atoms with Crippen LogP contribution < -0.4 is 5.32 Å². The Balaban J connectivity index is 1.85. The summed E-state index contributed by atoms with van der Waals surface area (Å²) in [7, 11) is 0. The van der Waals surface area contributed by atoms with Gasteiger partial charge < -0.3 is 5.32 Å². The average Bonchev–Trinajstić information content (AvgIpc) is 2.74. The predicted molar refractivity (Wildman–Crippen MR) is 78.0 cm³/mol. The van der Waals surface area contributed by atoms with Crippen LogP contribution >= 0.6 is 11.3 Å². The van der Waals surface area contributed by atoms with Gasteiger partial charge in [-0.05, 0) is 56.5 Å². The van der Waals surface area contributed by atoms with E-state index in [-0.39, 0.29) is 0 Å². The highest BCUT2D eigenvalue weighted by molar-refractivity contribution is 7.11. The van der Waals surface area contributed by atoms with Crippen molar-refractivity contribution in [2.75, 3.05) is 0 Å². The van der Waals surface area contributed by atoms with E-state index in [0.29, 0.717) is 6.04 Å². The molecule has 0 aromatic carbocycles. The molecule has 2 aromatic rings. The van der Waals surface area contributed by atoms with Gasteiger partial charge in [-0.15, -0.1) is 11.3 Å². The first-order valence-electron chi connectivity index (χ1n) is 6.33. The fourth-order valence-corrected chi connectivity index (χ4v) is 2.95. The van der Waals surface area contributed by atoms with Crippen LogP contribution in [0.15, 0.2) is 30.6 Å². The summed E-state index contributed by atoms with van der Waals surface area (Å²) in [5.41, 5.74) is 2.59. The van der Waals surface area contributed by atoms with Crippen molar-refractivity contribution in [3.05, 3.63) is 51.5 Å². The molecular weight excluding hydrogens is 240 g/mol. The smallest absolute Gasteiger partial charge is 0.0315 e. The molecule has 18 heavy (non-hydrogen) atoms. The second-order valence-electron chi connectivity index (χ2n) is 4.80. The molecule has 2 rings (SSSR count). The summed E-state index contributed by atoms with van der Waals surface area (Å²) in [5, 5.41) is 3.56. The lowest BCUT2D eigenvalue weighted by Gasteiger charge is -2.13. The lowest BCUT2D eigenvalue weighted by molar-refractivity contribution is 0.547. The van der Waals surface area contributed by atoms with E-state index in [0.717, 1.165) is 13.0 Å². The van der Waals surface area contributed by atoms with Gasteiger partial charge in [-0.1, -0.05) is 0 Å². The standard InChI is InChI=1S/C15H20N2S/c1-11-6-7-16-9-14(11)10-17-12(2)8-15-5-4-13(3)18-15/h4-7,9,12,17H,8,10H2,1-3H3. The van der Waals surface area contributed by atoms with Gasteiger partial charge in [-0.3, -0.25) is 4.98 Å². The maximum atomic E-state index is 4.17. The van der Waals surface area contributed by atoms with E-state index < -0.39 is 0 Å². The van der Waals surface area contributed by atoms with Gasteiger partial charge in [0.1, 0.15) is 0 Å². The first-order valence-corrected chi connectivity index (χ1v) is 7.15. The molecule has 0 aliphatic heterocycles. The third-order valence-electron chi connectivity index (χ3n) is 3.09. The van der Waals surface area contributed by atoms with Gasteiger partial charge in [0.25, 0.3) is 0 Å². The number of nitrogens with zero attached hydrogens (tertiary/aromatic N) is 1. The van der Waals surface area contributed by atoms with Crippen LogP contribution in [-0.2, 0) is 13.0 Å². The molecule has 2 aromatic heterocycles. The van der Waals surface area contributed by atoms with E-state index in [2.05, 4.69) is 49.3 Å². The SMILES string of the molecule is Cc1ccc(CC(C)NCc2cnccc2C)s1. The second-order valence-corrected chi connectivity index (χ2v) is 6.17. The Kier molecular flexibility index (Phi) is 4.50. The Labute approximate surface area is 113 Å². The van der Waals surface area contributed by atoms with Crippen LogP contribution in [0.5, 0.6) is 0 Å². The number of thiophene rings is 1. The molecule has 1 atom stereocenters. The predicted octanol–water partition coefficient (Wildman–Crippen LogP) is 3.48. The molecule has 3 heteroatoms. The third kappa shape index (κ3) is 3.65. The third-order valence-corrected chi connectivity index (χ3v) is 4.11. The van der Waals surface area contributed by atoms with Crippen LogP contribution in [0.25, 0.3) is 0 Å². The number of nitrogens with one attached hydrogen (secondary N) is 1. The first kappa shape index (κ1) is 13.2. The van der Waals surface area contributed by atoms with E-state index >= 15 is 0 Å². The minimum Gasteiger partial charge on any atom is -0.310 e. The monoisotopic (exact) mass is 260 g/mol. The molecule has 0 fully saturated rings. The molecule has 0 aliphatic rings. The summed E-state index contributed by atoms with van der Waals surface area (Å²) in [6.45, 7) is 7.42. The molecule has 0 radical (unpaired) electrons. The fraction of sp³-hybridized carbons (Fsp3) is 0.400. The number of aromatic nitrogens is 1. The van der Waals surface area contributed by atoms with Crippen molar-refractivity contribution >= 4 is 11.3 Å². The normalized spacial score (nSPS) is 12.6. The number of hydrogen-bond donors (Lipinski definition) is 1. The lowest BCUT2D eigenvalue weighted by atomic mass is 10.1. The maximum absolute atomic E-state index is 4.17. The number of pyridine rings is 1. The molecule has 96 valence electrons. The summed E-state index contributed by atoms with van der Waals surface area (Å²) >= 11 is 1.89. The van der Waals surface area contributed by atoms with Crippen molar-refractivity contribution in [1.29, 1.82) is 0 Å². The quantitative estimate of drug-likeness (QED) is 0.890. The van der Waals surface area contributed by atoms with E-state index in [1.807, 2.05) is 23.7 Å². The highest BCUT2D eigenvalue weighted by atomic mass is 32.1. The van der Waals surface area contributed by atoms with Crippen LogP contribution in [0.3, 0.4) is 0 Å². The van der Waals surface area contributed by atoms with E-state index in [1.54, 1.807) is 0 Å². The molecule has 1 N–H and O–H groups in total. The number of aryl methyl sites for hydroxylation is 2. The summed E-state index contributed by atoms with van der Waals surface area (Å²) in [5.74, 6) is 0. The zero-order chi connectivity index (χ0) is 13.0. The van der Waals surface area contributed by atoms with Crippen LogP contribution in [0.2, 0.25) is 0 Å². The minimum atomic E-state index is 0.489. The van der Waals surface area contributed by atoms with Gasteiger partial charge in [-0.2, -0.15) is 0 Å². The molecule has 1 unspecified atom stereocenters. The number of hydrogen-bond acceptors (Lipinski definition) is 3. The molecule has 0 saturated heterocycles. The lowest BCUT2D eigenvalue weighted by Crippen LogP contribution is -2.27. The van der Waals surface area contributed by atoms with Crippen molar-refractivity contribution in [2.45, 2.75) is 39.8 Å². The van der Waals surface area contributed by atoms with Crippen LogP contribution in [0.4, 0.5) is 0 Å². The highest BCUT2D eigenvalue weighted by Crippen LogP contribution is 2.16. The van der Waals surface area contributed by atoms with Gasteiger partial charge in [0.15, 0.2) is 0 Å². The van der Waals surface area contributed by atoms with Crippen LogP contribution in [0, 0.1) is 13.8 Å². The maximum Gasteiger partial charge on any atom is 0.0315 e. The zero-order valence-electron chi connectivity index (χ0n) is 11.2. The average molecular weight is 260 g/mol. The summed E-state index contributed by atoms with van der Waals surface area (Å²) < 4.78 is 0. The molecule has 2 heterocycles. The van der Waals surface area contributed by atoms with Gasteiger partial charge in [0.05, 0.1) is 0 Å². The molecule has 0 bridgehead atoms. The summed E-state index contributed by atoms with van der Waals surface area (Å²) in [6, 6.07) is 6.97. The Hall–Kier alpha value is -1.19. The van der Waals surface area contributed by atoms with E-state index in [1.165, 1.54) is 20.9 Å². The van der Waals surface area contributed by atoms with Gasteiger partial charge in [-0.25, -0.2) is 0 Å². The van der Waals surface area contributed by atoms with E-state index in [4.69, 9.17) is 0 Å². The van der Waals surface area contributed by atoms with Crippen molar-refractivity contribution in [3.63, 3.8) is 0 Å². The molecule has 0 aliphatic carbocycles. The highest BCUT2D eigenvalue weighted by Gasteiger charge is 2.06. The second kappa shape index (κ2) is 6.12. The van der Waals surface area contributed by atoms with Crippen molar-refractivity contribution in [1.82, 2.24) is 10.3 Å². The zero-order valence-corrected chi connectivity index (χ0v) is 12.1. The Morgan fingerprint density at radius 2 is 2.11 bits per heavy atom. The van der Waals surface area contributed by atoms with E-state index in [9.17, 15) is 0 Å². The van der Waals surface area contributed by atoms with Crippen LogP contribution in [-0.4, -0.2) is 11.0 Å². The minimum absolute atomic E-state index is 0.489.